The van der Waals surface area contributed by atoms with Gasteiger partial charge >= 0.3 is 5.97 Å². The van der Waals surface area contributed by atoms with Gasteiger partial charge in [0.25, 0.3) is 5.56 Å². The summed E-state index contributed by atoms with van der Waals surface area (Å²) in [5, 5.41) is 9.93. The predicted molar refractivity (Wildman–Crippen MR) is 139 cm³/mol. The van der Waals surface area contributed by atoms with Crippen LogP contribution in [-0.2, 0) is 20.7 Å². The summed E-state index contributed by atoms with van der Waals surface area (Å²) in [6.45, 7) is 2.25. The normalized spacial score (nSPS) is 11.4. The third kappa shape index (κ3) is 6.64. The summed E-state index contributed by atoms with van der Waals surface area (Å²) in [4.78, 5) is 38.5. The molecule has 1 unspecified atom stereocenters. The zero-order chi connectivity index (χ0) is 26.9. The maximum Gasteiger partial charge on any atom is 0.338 e. The molecule has 0 amide bonds. The van der Waals surface area contributed by atoms with Crippen LogP contribution in [0.4, 0.5) is 0 Å². The number of pyridine rings is 1. The lowest BCUT2D eigenvalue weighted by molar-refractivity contribution is -0.122. The van der Waals surface area contributed by atoms with E-state index in [4.69, 9.17) is 25.8 Å². The molecule has 3 aromatic rings. The van der Waals surface area contributed by atoms with Crippen molar-refractivity contribution in [2.45, 2.75) is 25.8 Å². The highest BCUT2D eigenvalue weighted by atomic mass is 35.5. The molecule has 2 aromatic carbocycles. The van der Waals surface area contributed by atoms with Gasteiger partial charge < -0.3 is 18.8 Å². The lowest BCUT2D eigenvalue weighted by atomic mass is 9.98. The molecule has 0 fully saturated rings. The molecular weight excluding hydrogens is 496 g/mol. The zero-order valence-electron chi connectivity index (χ0n) is 20.8. The van der Waals surface area contributed by atoms with Crippen LogP contribution in [0.15, 0.2) is 59.5 Å². The van der Waals surface area contributed by atoms with Crippen LogP contribution in [0.1, 0.15) is 40.9 Å². The van der Waals surface area contributed by atoms with Crippen LogP contribution >= 0.6 is 11.6 Å². The van der Waals surface area contributed by atoms with E-state index >= 15 is 0 Å². The Morgan fingerprint density at radius 2 is 1.81 bits per heavy atom. The summed E-state index contributed by atoms with van der Waals surface area (Å²) < 4.78 is 17.1. The van der Waals surface area contributed by atoms with Crippen molar-refractivity contribution in [3.8, 4) is 22.9 Å². The van der Waals surface area contributed by atoms with Gasteiger partial charge in [-0.25, -0.2) is 4.79 Å². The number of halogens is 1. The summed E-state index contributed by atoms with van der Waals surface area (Å²) in [7, 11) is 2.96. The van der Waals surface area contributed by atoms with Crippen LogP contribution in [-0.4, -0.2) is 43.8 Å². The maximum absolute atomic E-state index is 13.4. The number of hydrogen-bond acceptors (Lipinski definition) is 7. The molecule has 0 radical (unpaired) electrons. The fourth-order valence-corrected chi connectivity index (χ4v) is 4.13. The number of rotatable bonds is 11. The highest BCUT2D eigenvalue weighted by Gasteiger charge is 2.24. The van der Waals surface area contributed by atoms with Crippen molar-refractivity contribution in [2.75, 3.05) is 27.4 Å². The topological polar surface area (TPSA) is 108 Å². The molecule has 9 heteroatoms. The fraction of sp³-hybridized carbons (Fsp3) is 0.286. The summed E-state index contributed by atoms with van der Waals surface area (Å²) >= 11 is 6.14. The molecule has 37 heavy (non-hydrogen) atoms. The molecule has 8 nitrogen and oxygen atoms in total. The molecule has 1 atom stereocenters. The average molecular weight is 523 g/mol. The van der Waals surface area contributed by atoms with Crippen LogP contribution in [0.5, 0.6) is 5.75 Å². The molecular formula is C28H27ClN2O6. The monoisotopic (exact) mass is 522 g/mol. The van der Waals surface area contributed by atoms with Gasteiger partial charge in [0.15, 0.2) is 5.78 Å². The van der Waals surface area contributed by atoms with E-state index in [1.807, 2.05) is 0 Å². The SMILES string of the molecule is CCOC(=O)c1ccc(CC(=O)C(CCOC)n2cc(OC)c(-c3cc(Cl)ccc3C#N)cc2=O)cc1. The van der Waals surface area contributed by atoms with Gasteiger partial charge in [0.2, 0.25) is 0 Å². The molecule has 1 aromatic heterocycles. The molecule has 0 saturated carbocycles. The van der Waals surface area contributed by atoms with Crippen molar-refractivity contribution < 1.29 is 23.8 Å². The van der Waals surface area contributed by atoms with Crippen LogP contribution in [0, 0.1) is 11.3 Å². The largest absolute Gasteiger partial charge is 0.495 e. The number of methoxy groups -OCH3 is 2. The van der Waals surface area contributed by atoms with Crippen molar-refractivity contribution in [2.24, 2.45) is 0 Å². The Balaban J connectivity index is 1.97. The third-order valence-corrected chi connectivity index (χ3v) is 6.04. The average Bonchev–Trinajstić information content (AvgIpc) is 2.90. The van der Waals surface area contributed by atoms with Gasteiger partial charge in [-0.3, -0.25) is 9.59 Å². The van der Waals surface area contributed by atoms with E-state index in [-0.39, 0.29) is 31.8 Å². The van der Waals surface area contributed by atoms with Crippen LogP contribution in [0.3, 0.4) is 0 Å². The second-order valence-corrected chi connectivity index (χ2v) is 8.60. The van der Waals surface area contributed by atoms with E-state index in [0.717, 1.165) is 0 Å². The van der Waals surface area contributed by atoms with Crippen LogP contribution < -0.4 is 10.3 Å². The van der Waals surface area contributed by atoms with Crippen molar-refractivity contribution in [1.29, 1.82) is 5.26 Å². The Bertz CT molecular complexity index is 1370. The standard InChI is InChI=1S/C28H27ClN2O6/c1-4-37-28(34)19-7-5-18(6-8-19)13-25(32)24(11-12-35-2)31-17-26(36-3)23(15-27(31)33)22-14-21(29)10-9-20(22)16-30/h5-10,14-15,17,24H,4,11-13H2,1-3H3. The molecule has 3 rings (SSSR count). The van der Waals surface area contributed by atoms with E-state index in [0.29, 0.717) is 38.6 Å². The van der Waals surface area contributed by atoms with E-state index in [1.165, 1.54) is 31.0 Å². The smallest absolute Gasteiger partial charge is 0.338 e. The highest BCUT2D eigenvalue weighted by molar-refractivity contribution is 6.31. The predicted octanol–water partition coefficient (Wildman–Crippen LogP) is 4.62. The molecule has 0 spiro atoms. The number of carbonyl (C=O) groups is 2. The summed E-state index contributed by atoms with van der Waals surface area (Å²) in [6, 6.07) is 14.0. The zero-order valence-corrected chi connectivity index (χ0v) is 21.6. The molecule has 0 aliphatic heterocycles. The minimum absolute atomic E-state index is 0.0425. The van der Waals surface area contributed by atoms with Crippen molar-refractivity contribution in [3.05, 3.63) is 86.8 Å². The fourth-order valence-electron chi connectivity index (χ4n) is 3.96. The highest BCUT2D eigenvalue weighted by Crippen LogP contribution is 2.33. The van der Waals surface area contributed by atoms with E-state index in [1.54, 1.807) is 49.4 Å². The minimum Gasteiger partial charge on any atom is -0.495 e. The number of nitriles is 1. The van der Waals surface area contributed by atoms with E-state index < -0.39 is 17.6 Å². The summed E-state index contributed by atoms with van der Waals surface area (Å²) in [6.07, 6.45) is 1.78. The van der Waals surface area contributed by atoms with Crippen molar-refractivity contribution >= 4 is 23.4 Å². The van der Waals surface area contributed by atoms with Crippen molar-refractivity contribution in [1.82, 2.24) is 4.57 Å². The number of esters is 1. The Kier molecular flexibility index (Phi) is 9.61. The first kappa shape index (κ1) is 27.7. The van der Waals surface area contributed by atoms with E-state index in [2.05, 4.69) is 6.07 Å². The quantitative estimate of drug-likeness (QED) is 0.338. The third-order valence-electron chi connectivity index (χ3n) is 5.80. The van der Waals surface area contributed by atoms with Gasteiger partial charge in [-0.15, -0.1) is 0 Å². The first-order valence-electron chi connectivity index (χ1n) is 11.6. The number of aromatic nitrogens is 1. The maximum atomic E-state index is 13.4. The second-order valence-electron chi connectivity index (χ2n) is 8.16. The molecule has 0 bridgehead atoms. The minimum atomic E-state index is -0.824. The molecule has 0 aliphatic rings. The lowest BCUT2D eigenvalue weighted by Crippen LogP contribution is -2.31. The Morgan fingerprint density at radius 1 is 1.08 bits per heavy atom. The number of ether oxygens (including phenoxy) is 3. The Hall–Kier alpha value is -3.93. The second kappa shape index (κ2) is 12.9. The molecule has 0 N–H and O–H groups in total. The van der Waals surface area contributed by atoms with Gasteiger partial charge in [-0.05, 0) is 49.2 Å². The Morgan fingerprint density at radius 3 is 2.43 bits per heavy atom. The van der Waals surface area contributed by atoms with Gasteiger partial charge in [0.05, 0.1) is 43.2 Å². The van der Waals surface area contributed by atoms with Crippen LogP contribution in [0.25, 0.3) is 11.1 Å². The first-order valence-corrected chi connectivity index (χ1v) is 12.0. The number of benzene rings is 2. The van der Waals surface area contributed by atoms with Gasteiger partial charge in [0.1, 0.15) is 5.75 Å². The molecule has 1 heterocycles. The summed E-state index contributed by atoms with van der Waals surface area (Å²) in [5.41, 5.74) is 1.83. The number of Topliss-reactive ketones (excluding diaryl/α,β-unsaturated/α-hetero) is 1. The Labute approximate surface area is 220 Å². The number of ketones is 1. The van der Waals surface area contributed by atoms with Gasteiger partial charge in [-0.2, -0.15) is 5.26 Å². The summed E-state index contributed by atoms with van der Waals surface area (Å²) in [5.74, 6) is -0.331. The van der Waals surface area contributed by atoms with Gasteiger partial charge in [0, 0.05) is 42.4 Å². The number of nitrogens with zero attached hydrogens (tertiary/aromatic N) is 2. The number of carbonyl (C=O) groups excluding carboxylic acids is 2. The number of hydrogen-bond donors (Lipinski definition) is 0. The van der Waals surface area contributed by atoms with E-state index in [9.17, 15) is 19.6 Å². The van der Waals surface area contributed by atoms with Gasteiger partial charge in [-0.1, -0.05) is 23.7 Å². The van der Waals surface area contributed by atoms with Crippen molar-refractivity contribution in [3.63, 3.8) is 0 Å². The first-order chi connectivity index (χ1) is 17.8. The van der Waals surface area contributed by atoms with Crippen LogP contribution in [0.2, 0.25) is 5.02 Å². The molecule has 0 aliphatic carbocycles. The lowest BCUT2D eigenvalue weighted by Gasteiger charge is -2.21. The molecule has 192 valence electrons. The molecule has 0 saturated heterocycles.